The van der Waals surface area contributed by atoms with Crippen molar-refractivity contribution in [2.45, 2.75) is 6.42 Å². The van der Waals surface area contributed by atoms with Gasteiger partial charge >= 0.3 is 0 Å². The fourth-order valence-electron chi connectivity index (χ4n) is 6.78. The van der Waals surface area contributed by atoms with Crippen LogP contribution in [-0.4, -0.2) is 9.13 Å². The van der Waals surface area contributed by atoms with Crippen LogP contribution in [0.5, 0.6) is 0 Å². The van der Waals surface area contributed by atoms with Gasteiger partial charge in [0, 0.05) is 38.7 Å². The average Bonchev–Trinajstić information content (AvgIpc) is 3.60. The van der Waals surface area contributed by atoms with Crippen molar-refractivity contribution in [3.8, 4) is 40.7 Å². The fourth-order valence-corrected chi connectivity index (χ4v) is 6.78. The lowest BCUT2D eigenvalue weighted by molar-refractivity contribution is 0.809. The van der Waals surface area contributed by atoms with Crippen molar-refractivity contribution in [2.75, 3.05) is 0 Å². The number of hydrogen-bond donors (Lipinski definition) is 0. The van der Waals surface area contributed by atoms with E-state index in [4.69, 9.17) is 0 Å². The summed E-state index contributed by atoms with van der Waals surface area (Å²) in [5.41, 5.74) is 10.1. The molecule has 1 aliphatic rings. The van der Waals surface area contributed by atoms with E-state index < -0.39 is 0 Å². The van der Waals surface area contributed by atoms with E-state index in [1.54, 1.807) is 0 Å². The molecule has 5 aromatic carbocycles. The van der Waals surface area contributed by atoms with Gasteiger partial charge in [0.1, 0.15) is 0 Å². The number of para-hydroxylation sites is 3. The summed E-state index contributed by atoms with van der Waals surface area (Å²) in [5.74, 6) is -0.150. The number of fused-ring (bicyclic) bond motifs is 6. The van der Waals surface area contributed by atoms with Crippen LogP contribution in [-0.2, 0) is 6.42 Å². The number of allylic oxidation sites excluding steroid dienone is 1. The van der Waals surface area contributed by atoms with Gasteiger partial charge in [-0.25, -0.2) is 0 Å². The summed E-state index contributed by atoms with van der Waals surface area (Å²) >= 11 is 0. The van der Waals surface area contributed by atoms with Gasteiger partial charge in [0.05, 0.1) is 57.5 Å². The molecule has 0 saturated heterocycles. The Bertz CT molecular complexity index is 2470. The molecule has 0 saturated carbocycles. The molecule has 0 spiro atoms. The van der Waals surface area contributed by atoms with Crippen molar-refractivity contribution in [2.24, 2.45) is 5.92 Å². The first-order chi connectivity index (χ1) is 21.7. The average molecular weight is 562 g/mol. The van der Waals surface area contributed by atoms with Gasteiger partial charge in [0.15, 0.2) is 0 Å². The molecule has 1 aliphatic carbocycles. The maximum atomic E-state index is 10.5. The van der Waals surface area contributed by atoms with Crippen LogP contribution in [0, 0.1) is 39.9 Å². The number of nitrogens with zero attached hydrogens (tertiary/aromatic N) is 5. The molecule has 1 atom stereocenters. The second kappa shape index (κ2) is 9.88. The van der Waals surface area contributed by atoms with Crippen LogP contribution in [0.25, 0.3) is 61.3 Å². The van der Waals surface area contributed by atoms with Gasteiger partial charge in [0.25, 0.3) is 0 Å². The molecule has 1 unspecified atom stereocenters. The lowest BCUT2D eigenvalue weighted by Gasteiger charge is -2.17. The molecule has 7 aromatic rings. The summed E-state index contributed by atoms with van der Waals surface area (Å²) in [6.07, 6.45) is 4.68. The summed E-state index contributed by atoms with van der Waals surface area (Å²) in [6.45, 7) is 0. The van der Waals surface area contributed by atoms with Gasteiger partial charge in [0.2, 0.25) is 0 Å². The molecule has 204 valence electrons. The highest BCUT2D eigenvalue weighted by Crippen LogP contribution is 2.39. The van der Waals surface area contributed by atoms with Crippen molar-refractivity contribution in [1.82, 2.24) is 9.13 Å². The minimum Gasteiger partial charge on any atom is -0.310 e. The minimum absolute atomic E-state index is 0.150. The molecule has 0 N–H and O–H groups in total. The first-order valence-corrected chi connectivity index (χ1v) is 14.5. The van der Waals surface area contributed by atoms with Crippen LogP contribution in [0.4, 0.5) is 0 Å². The van der Waals surface area contributed by atoms with E-state index in [0.29, 0.717) is 17.5 Å². The predicted molar refractivity (Wildman–Crippen MR) is 174 cm³/mol. The molecule has 5 heteroatoms. The summed E-state index contributed by atoms with van der Waals surface area (Å²) in [6, 6.07) is 43.7. The lowest BCUT2D eigenvalue weighted by atomic mass is 9.93. The van der Waals surface area contributed by atoms with E-state index in [1.165, 1.54) is 0 Å². The van der Waals surface area contributed by atoms with Crippen molar-refractivity contribution < 1.29 is 0 Å². The van der Waals surface area contributed by atoms with E-state index in [0.717, 1.165) is 66.5 Å². The minimum atomic E-state index is -0.150. The molecule has 0 bridgehead atoms. The van der Waals surface area contributed by atoms with Gasteiger partial charge in [-0.2, -0.15) is 15.8 Å². The van der Waals surface area contributed by atoms with E-state index in [-0.39, 0.29) is 5.92 Å². The van der Waals surface area contributed by atoms with Crippen LogP contribution in [0.1, 0.15) is 22.4 Å². The molecule has 8 rings (SSSR count). The third-order valence-electron chi connectivity index (χ3n) is 8.72. The second-order valence-electron chi connectivity index (χ2n) is 11.1. The first kappa shape index (κ1) is 25.4. The Balaban J connectivity index is 1.34. The molecule has 2 aromatic heterocycles. The highest BCUT2D eigenvalue weighted by atomic mass is 15.0. The highest BCUT2D eigenvalue weighted by molar-refractivity contribution is 6.10. The Hall–Kier alpha value is -6.35. The summed E-state index contributed by atoms with van der Waals surface area (Å²) < 4.78 is 4.42. The zero-order chi connectivity index (χ0) is 29.8. The van der Waals surface area contributed by atoms with Gasteiger partial charge in [-0.3, -0.25) is 0 Å². The van der Waals surface area contributed by atoms with Gasteiger partial charge < -0.3 is 9.13 Å². The first-order valence-electron chi connectivity index (χ1n) is 14.5. The van der Waals surface area contributed by atoms with Crippen molar-refractivity contribution in [3.05, 3.63) is 138 Å². The van der Waals surface area contributed by atoms with Crippen molar-refractivity contribution >= 4 is 38.8 Å². The maximum absolute atomic E-state index is 10.5. The third-order valence-corrected chi connectivity index (χ3v) is 8.72. The molecular weight excluding hydrogens is 538 g/mol. The lowest BCUT2D eigenvalue weighted by Crippen LogP contribution is -2.06. The standard InChI is InChI=1S/C39H23N5/c40-22-25-13-17-38-33(19-25)31-8-2-4-10-35(31)43(38)28-15-16-29(27(21-28)24-42)30-7-1-5-11-36(30)44-37-12-6-3-9-32(37)34-20-26(23-41)14-18-39(34)44/h1-18,20-21,25H,19H2. The molecule has 0 fully saturated rings. The summed E-state index contributed by atoms with van der Waals surface area (Å²) in [5, 5.41) is 32.9. The molecule has 0 aliphatic heterocycles. The van der Waals surface area contributed by atoms with Crippen LogP contribution in [0.15, 0.2) is 115 Å². The smallest absolute Gasteiger partial charge is 0.0998 e. The Morgan fingerprint density at radius 1 is 0.614 bits per heavy atom. The topological polar surface area (TPSA) is 81.2 Å². The summed E-state index contributed by atoms with van der Waals surface area (Å²) in [7, 11) is 0. The number of rotatable bonds is 3. The Morgan fingerprint density at radius 2 is 1.34 bits per heavy atom. The highest BCUT2D eigenvalue weighted by Gasteiger charge is 2.23. The monoisotopic (exact) mass is 561 g/mol. The van der Waals surface area contributed by atoms with E-state index in [2.05, 4.69) is 69.8 Å². The summed E-state index contributed by atoms with van der Waals surface area (Å²) in [4.78, 5) is 0. The van der Waals surface area contributed by atoms with Crippen LogP contribution >= 0.6 is 0 Å². The molecule has 0 radical (unpaired) electrons. The number of hydrogen-bond acceptors (Lipinski definition) is 3. The van der Waals surface area contributed by atoms with E-state index >= 15 is 0 Å². The van der Waals surface area contributed by atoms with Gasteiger partial charge in [-0.05, 0) is 66.6 Å². The largest absolute Gasteiger partial charge is 0.310 e. The normalized spacial score (nSPS) is 13.9. The quantitative estimate of drug-likeness (QED) is 0.216. The number of nitriles is 3. The van der Waals surface area contributed by atoms with Gasteiger partial charge in [-0.1, -0.05) is 66.7 Å². The van der Waals surface area contributed by atoms with Gasteiger partial charge in [-0.15, -0.1) is 0 Å². The fraction of sp³-hybridized carbons (Fsp3) is 0.0513. The van der Waals surface area contributed by atoms with Crippen molar-refractivity contribution in [1.29, 1.82) is 15.8 Å². The third kappa shape index (κ3) is 3.69. The second-order valence-corrected chi connectivity index (χ2v) is 11.1. The zero-order valence-electron chi connectivity index (χ0n) is 23.6. The zero-order valence-corrected chi connectivity index (χ0v) is 23.6. The van der Waals surface area contributed by atoms with E-state index in [9.17, 15) is 15.8 Å². The van der Waals surface area contributed by atoms with Crippen LogP contribution in [0.2, 0.25) is 0 Å². The maximum Gasteiger partial charge on any atom is 0.0998 e. The Kier molecular flexibility index (Phi) is 5.70. The Morgan fingerprint density at radius 3 is 2.14 bits per heavy atom. The van der Waals surface area contributed by atoms with Crippen LogP contribution < -0.4 is 0 Å². The van der Waals surface area contributed by atoms with Crippen LogP contribution in [0.3, 0.4) is 0 Å². The molecule has 44 heavy (non-hydrogen) atoms. The van der Waals surface area contributed by atoms with E-state index in [1.807, 2.05) is 78.9 Å². The molecule has 5 nitrogen and oxygen atoms in total. The number of aromatic nitrogens is 2. The molecule has 2 heterocycles. The molecule has 0 amide bonds. The molecular formula is C39H23N5. The predicted octanol–water partition coefficient (Wildman–Crippen LogP) is 8.85. The Labute approximate surface area is 254 Å². The van der Waals surface area contributed by atoms with Crippen molar-refractivity contribution in [3.63, 3.8) is 0 Å². The SMILES string of the molecule is N#Cc1ccc2c(c1)c1ccccc1n2-c1ccccc1-c1ccc(-n2c3c(c4ccccc42)CC(C#N)C=C3)cc1C#N. The number of benzene rings is 5.